The van der Waals surface area contributed by atoms with E-state index < -0.39 is 0 Å². The Morgan fingerprint density at radius 3 is 2.65 bits per heavy atom. The number of phenolic OH excluding ortho intramolecular Hbond substituents is 1. The van der Waals surface area contributed by atoms with Crippen molar-refractivity contribution in [1.29, 1.82) is 0 Å². The number of rotatable bonds is 3. The maximum Gasteiger partial charge on any atom is 0.252 e. The average Bonchev–Trinajstić information content (AvgIpc) is 2.41. The van der Waals surface area contributed by atoms with Crippen LogP contribution in [0.3, 0.4) is 0 Å². The van der Waals surface area contributed by atoms with E-state index in [0.717, 1.165) is 14.7 Å². The second kappa shape index (κ2) is 6.26. The highest BCUT2D eigenvalue weighted by Crippen LogP contribution is 2.20. The molecule has 1 amide bonds. The molecule has 1 unspecified atom stereocenters. The lowest BCUT2D eigenvalue weighted by molar-refractivity contribution is 0.0939. The topological polar surface area (TPSA) is 49.3 Å². The molecule has 4 heteroatoms. The van der Waals surface area contributed by atoms with Gasteiger partial charge < -0.3 is 10.4 Å². The maximum absolute atomic E-state index is 12.3. The summed E-state index contributed by atoms with van der Waals surface area (Å²) in [4.78, 5) is 12.3. The lowest BCUT2D eigenvalue weighted by Crippen LogP contribution is -2.27. The Morgan fingerprint density at radius 1 is 1.25 bits per heavy atom. The first-order chi connectivity index (χ1) is 9.49. The fraction of sp³-hybridized carbons (Fsp3) is 0.188. The van der Waals surface area contributed by atoms with Gasteiger partial charge in [-0.1, -0.05) is 24.3 Å². The van der Waals surface area contributed by atoms with Crippen molar-refractivity contribution in [3.63, 3.8) is 0 Å². The fourth-order valence-electron chi connectivity index (χ4n) is 1.97. The molecular weight excluding hydrogens is 365 g/mol. The van der Waals surface area contributed by atoms with E-state index in [1.165, 1.54) is 0 Å². The molecular formula is C16H16INO2. The number of benzene rings is 2. The minimum atomic E-state index is -0.161. The number of aryl methyl sites for hydroxylation is 1. The van der Waals surface area contributed by atoms with Crippen LogP contribution in [0.15, 0.2) is 42.5 Å². The number of carbonyl (C=O) groups excluding carboxylic acids is 1. The van der Waals surface area contributed by atoms with Gasteiger partial charge in [-0.2, -0.15) is 0 Å². The van der Waals surface area contributed by atoms with E-state index in [-0.39, 0.29) is 17.7 Å². The van der Waals surface area contributed by atoms with Crippen molar-refractivity contribution in [3.05, 3.63) is 62.7 Å². The third-order valence-electron chi connectivity index (χ3n) is 3.15. The Bertz CT molecular complexity index is 640. The van der Waals surface area contributed by atoms with E-state index >= 15 is 0 Å². The van der Waals surface area contributed by atoms with Crippen LogP contribution in [0.5, 0.6) is 5.75 Å². The van der Waals surface area contributed by atoms with Crippen molar-refractivity contribution >= 4 is 28.5 Å². The summed E-state index contributed by atoms with van der Waals surface area (Å²) in [7, 11) is 0. The summed E-state index contributed by atoms with van der Waals surface area (Å²) in [6, 6.07) is 12.4. The van der Waals surface area contributed by atoms with Crippen molar-refractivity contribution in [1.82, 2.24) is 5.32 Å². The quantitative estimate of drug-likeness (QED) is 0.795. The smallest absolute Gasteiger partial charge is 0.252 e. The summed E-state index contributed by atoms with van der Waals surface area (Å²) in [5.74, 6) is 0.0997. The van der Waals surface area contributed by atoms with E-state index in [2.05, 4.69) is 27.9 Å². The van der Waals surface area contributed by atoms with Gasteiger partial charge in [0.2, 0.25) is 0 Å². The normalized spacial score (nSPS) is 11.9. The Labute approximate surface area is 132 Å². The van der Waals surface area contributed by atoms with Crippen LogP contribution < -0.4 is 5.32 Å². The van der Waals surface area contributed by atoms with E-state index in [1.807, 2.05) is 38.1 Å². The zero-order valence-corrected chi connectivity index (χ0v) is 13.5. The number of halogens is 1. The Morgan fingerprint density at radius 2 is 1.95 bits per heavy atom. The minimum absolute atomic E-state index is 0.103. The van der Waals surface area contributed by atoms with Crippen LogP contribution in [-0.2, 0) is 0 Å². The zero-order valence-electron chi connectivity index (χ0n) is 11.4. The van der Waals surface area contributed by atoms with Gasteiger partial charge in [-0.05, 0) is 65.8 Å². The molecule has 0 aliphatic carbocycles. The number of nitrogens with one attached hydrogen (secondary N) is 1. The summed E-state index contributed by atoms with van der Waals surface area (Å²) in [5, 5.41) is 12.4. The number of phenols is 1. The molecule has 0 saturated heterocycles. The molecule has 2 rings (SSSR count). The molecule has 2 aromatic rings. The lowest BCUT2D eigenvalue weighted by Gasteiger charge is -2.15. The second-order valence-electron chi connectivity index (χ2n) is 4.73. The summed E-state index contributed by atoms with van der Waals surface area (Å²) >= 11 is 2.19. The van der Waals surface area contributed by atoms with Crippen molar-refractivity contribution < 1.29 is 9.90 Å². The zero-order chi connectivity index (χ0) is 14.7. The monoisotopic (exact) mass is 381 g/mol. The van der Waals surface area contributed by atoms with Gasteiger partial charge >= 0.3 is 0 Å². The molecule has 0 spiro atoms. The summed E-state index contributed by atoms with van der Waals surface area (Å²) in [5.41, 5.74) is 2.64. The molecule has 0 fully saturated rings. The van der Waals surface area contributed by atoms with Gasteiger partial charge in [0.05, 0.1) is 11.6 Å². The van der Waals surface area contributed by atoms with Crippen molar-refractivity contribution in [2.75, 3.05) is 0 Å². The van der Waals surface area contributed by atoms with Gasteiger partial charge in [-0.25, -0.2) is 0 Å². The highest BCUT2D eigenvalue weighted by Gasteiger charge is 2.14. The predicted molar refractivity (Wildman–Crippen MR) is 87.9 cm³/mol. The molecule has 0 saturated carbocycles. The summed E-state index contributed by atoms with van der Waals surface area (Å²) < 4.78 is 0.964. The molecule has 0 heterocycles. The van der Waals surface area contributed by atoms with E-state index in [4.69, 9.17) is 0 Å². The van der Waals surface area contributed by atoms with Crippen molar-refractivity contribution in [2.45, 2.75) is 19.9 Å². The third-order valence-corrected chi connectivity index (χ3v) is 4.59. The van der Waals surface area contributed by atoms with Crippen LogP contribution >= 0.6 is 22.6 Å². The Balaban J connectivity index is 2.17. The lowest BCUT2D eigenvalue weighted by atomic mass is 10.1. The second-order valence-corrected chi connectivity index (χ2v) is 5.81. The first-order valence-corrected chi connectivity index (χ1v) is 7.42. The van der Waals surface area contributed by atoms with Crippen LogP contribution in [0.2, 0.25) is 0 Å². The van der Waals surface area contributed by atoms with E-state index in [1.54, 1.807) is 18.2 Å². The largest absolute Gasteiger partial charge is 0.508 e. The van der Waals surface area contributed by atoms with Gasteiger partial charge in [0.25, 0.3) is 5.91 Å². The van der Waals surface area contributed by atoms with Gasteiger partial charge in [0.1, 0.15) is 5.75 Å². The van der Waals surface area contributed by atoms with E-state index in [9.17, 15) is 9.90 Å². The molecule has 0 aliphatic heterocycles. The molecule has 2 aromatic carbocycles. The maximum atomic E-state index is 12.3. The molecule has 1 atom stereocenters. The Hall–Kier alpha value is -1.56. The molecule has 0 aliphatic rings. The number of hydrogen-bond acceptors (Lipinski definition) is 2. The molecule has 0 bridgehead atoms. The first kappa shape index (κ1) is 14.8. The highest BCUT2D eigenvalue weighted by molar-refractivity contribution is 14.1. The SMILES string of the molecule is Cc1cccc(C(=O)NC(C)c2cccc(O)c2)c1I. The number of amides is 1. The highest BCUT2D eigenvalue weighted by atomic mass is 127. The third kappa shape index (κ3) is 3.30. The van der Waals surface area contributed by atoms with Crippen LogP contribution in [0.4, 0.5) is 0 Å². The molecule has 2 N–H and O–H groups in total. The summed E-state index contributed by atoms with van der Waals surface area (Å²) in [6.07, 6.45) is 0. The number of carbonyl (C=O) groups is 1. The van der Waals surface area contributed by atoms with Crippen LogP contribution in [0, 0.1) is 10.5 Å². The van der Waals surface area contributed by atoms with Gasteiger partial charge in [-0.15, -0.1) is 0 Å². The first-order valence-electron chi connectivity index (χ1n) is 6.34. The van der Waals surface area contributed by atoms with Crippen LogP contribution in [0.1, 0.15) is 34.5 Å². The van der Waals surface area contributed by atoms with Crippen LogP contribution in [0.25, 0.3) is 0 Å². The Kier molecular flexibility index (Phi) is 4.65. The summed E-state index contributed by atoms with van der Waals surface area (Å²) in [6.45, 7) is 3.88. The van der Waals surface area contributed by atoms with E-state index in [0.29, 0.717) is 5.56 Å². The fourth-order valence-corrected chi connectivity index (χ4v) is 2.58. The van der Waals surface area contributed by atoms with Gasteiger partial charge in [-0.3, -0.25) is 4.79 Å². The number of aromatic hydroxyl groups is 1. The van der Waals surface area contributed by atoms with Crippen molar-refractivity contribution in [3.8, 4) is 5.75 Å². The van der Waals surface area contributed by atoms with Gasteiger partial charge in [0, 0.05) is 3.57 Å². The molecule has 0 radical (unpaired) electrons. The molecule has 0 aromatic heterocycles. The number of hydrogen-bond donors (Lipinski definition) is 2. The molecule has 20 heavy (non-hydrogen) atoms. The minimum Gasteiger partial charge on any atom is -0.508 e. The van der Waals surface area contributed by atoms with Crippen molar-refractivity contribution in [2.24, 2.45) is 0 Å². The average molecular weight is 381 g/mol. The van der Waals surface area contributed by atoms with Crippen LogP contribution in [-0.4, -0.2) is 11.0 Å². The molecule has 104 valence electrons. The molecule has 3 nitrogen and oxygen atoms in total. The standard InChI is InChI=1S/C16H16INO2/c1-10-5-3-8-14(15(10)17)16(20)18-11(2)12-6-4-7-13(19)9-12/h3-9,11,19H,1-2H3,(H,18,20). The predicted octanol–water partition coefficient (Wildman–Crippen LogP) is 3.80. The van der Waals surface area contributed by atoms with Gasteiger partial charge in [0.15, 0.2) is 0 Å².